The molecule has 1 aromatic rings. The van der Waals surface area contributed by atoms with Gasteiger partial charge in [-0.15, -0.1) is 0 Å². The molecule has 2 atom stereocenters. The fraction of sp³-hybridized carbons (Fsp3) is 0.571. The van der Waals surface area contributed by atoms with E-state index in [0.29, 0.717) is 23.6 Å². The zero-order valence-corrected chi connectivity index (χ0v) is 14.2. The van der Waals surface area contributed by atoms with Crippen LogP contribution in [0.1, 0.15) is 43.0 Å². The second-order valence-electron chi connectivity index (χ2n) is 6.58. The van der Waals surface area contributed by atoms with Crippen LogP contribution in [0.2, 0.25) is 5.02 Å². The van der Waals surface area contributed by atoms with Crippen LogP contribution in [0.25, 0.3) is 0 Å². The average molecular weight is 381 g/mol. The maximum atomic E-state index is 12.5. The number of halogens is 4. The van der Waals surface area contributed by atoms with Gasteiger partial charge >= 0.3 is 15.6 Å². The summed E-state index contributed by atoms with van der Waals surface area (Å²) < 4.78 is 64.2. The molecular weight excluding hydrogens is 369 g/mol. The van der Waals surface area contributed by atoms with E-state index in [0.717, 1.165) is 6.42 Å². The fourth-order valence-electron chi connectivity index (χ4n) is 3.45. The molecule has 2 bridgehead atoms. The minimum atomic E-state index is -5.93. The highest BCUT2D eigenvalue weighted by Crippen LogP contribution is 2.62. The highest BCUT2D eigenvalue weighted by molar-refractivity contribution is 7.87. The van der Waals surface area contributed by atoms with Crippen LogP contribution in [-0.2, 0) is 16.5 Å². The number of pyridine rings is 1. The van der Waals surface area contributed by atoms with Crippen LogP contribution in [0.3, 0.4) is 0 Å². The number of nitriles is 1. The van der Waals surface area contributed by atoms with E-state index in [9.17, 15) is 21.6 Å². The summed E-state index contributed by atoms with van der Waals surface area (Å²) in [5, 5.41) is 9.07. The van der Waals surface area contributed by atoms with E-state index in [-0.39, 0.29) is 16.4 Å². The van der Waals surface area contributed by atoms with Crippen LogP contribution in [-0.4, -0.2) is 18.9 Å². The second kappa shape index (κ2) is 4.99. The zero-order valence-electron chi connectivity index (χ0n) is 12.6. The quantitative estimate of drug-likeness (QED) is 0.579. The Morgan fingerprint density at radius 2 is 2.04 bits per heavy atom. The Morgan fingerprint density at radius 1 is 1.42 bits per heavy atom. The number of aromatic nitrogens is 1. The summed E-state index contributed by atoms with van der Waals surface area (Å²) in [4.78, 5) is 3.95. The third-order valence-electron chi connectivity index (χ3n) is 5.06. The molecule has 0 N–H and O–H groups in total. The number of alkyl halides is 3. The van der Waals surface area contributed by atoms with Gasteiger partial charge in [0.15, 0.2) is 0 Å². The molecule has 130 valence electrons. The number of hydrogen-bond acceptors (Lipinski definition) is 5. The standard InChI is InChI=1S/C14H12ClF3N2O3S/c1-13(2)6-3-7-10(15)8(5-19)12(20-11(7)9(13)4-6)23-24(21,22)14(16,17)18/h6,9H,3-4H2,1-2H3/t6-,9-/m0/s1. The molecular formula is C14H12ClF3N2O3S. The van der Waals surface area contributed by atoms with Crippen LogP contribution in [0.5, 0.6) is 5.88 Å². The molecule has 3 aliphatic carbocycles. The zero-order chi connectivity index (χ0) is 18.1. The van der Waals surface area contributed by atoms with Gasteiger partial charge in [0.1, 0.15) is 11.6 Å². The largest absolute Gasteiger partial charge is 0.534 e. The fourth-order valence-corrected chi connectivity index (χ4v) is 4.17. The molecule has 0 aliphatic heterocycles. The lowest BCUT2D eigenvalue weighted by Crippen LogP contribution is -2.48. The van der Waals surface area contributed by atoms with E-state index in [1.807, 2.05) is 13.8 Å². The van der Waals surface area contributed by atoms with Gasteiger partial charge in [-0.2, -0.15) is 26.9 Å². The smallest absolute Gasteiger partial charge is 0.354 e. The summed E-state index contributed by atoms with van der Waals surface area (Å²) in [6.07, 6.45) is 1.34. The Morgan fingerprint density at radius 3 is 2.54 bits per heavy atom. The molecule has 1 fully saturated rings. The Hall–Kier alpha value is -1.53. The van der Waals surface area contributed by atoms with E-state index in [1.165, 1.54) is 0 Å². The normalized spacial score (nSPS) is 24.5. The summed E-state index contributed by atoms with van der Waals surface area (Å²) in [5.74, 6) is -0.640. The average Bonchev–Trinajstić information content (AvgIpc) is 2.45. The molecule has 1 saturated carbocycles. The van der Waals surface area contributed by atoms with Crippen LogP contribution >= 0.6 is 11.6 Å². The second-order valence-corrected chi connectivity index (χ2v) is 8.49. The van der Waals surface area contributed by atoms with Crippen LogP contribution in [0, 0.1) is 22.7 Å². The van der Waals surface area contributed by atoms with E-state index < -0.39 is 27.1 Å². The van der Waals surface area contributed by atoms with Gasteiger partial charge < -0.3 is 4.18 Å². The highest BCUT2D eigenvalue weighted by Gasteiger charge is 2.55. The van der Waals surface area contributed by atoms with Crippen molar-refractivity contribution in [2.45, 2.75) is 38.1 Å². The monoisotopic (exact) mass is 380 g/mol. The van der Waals surface area contributed by atoms with Crippen molar-refractivity contribution >= 4 is 21.7 Å². The molecule has 24 heavy (non-hydrogen) atoms. The van der Waals surface area contributed by atoms with Crippen molar-refractivity contribution in [2.75, 3.05) is 0 Å². The van der Waals surface area contributed by atoms with Gasteiger partial charge in [0.2, 0.25) is 0 Å². The van der Waals surface area contributed by atoms with Crippen molar-refractivity contribution in [3.05, 3.63) is 21.8 Å². The third kappa shape index (κ3) is 2.27. The Labute approximate surface area is 141 Å². The molecule has 0 saturated heterocycles. The number of nitrogens with zero attached hydrogens (tertiary/aromatic N) is 2. The number of hydrogen-bond donors (Lipinski definition) is 0. The molecule has 0 aromatic carbocycles. The van der Waals surface area contributed by atoms with Gasteiger partial charge in [0, 0.05) is 5.92 Å². The molecule has 0 unspecified atom stereocenters. The maximum absolute atomic E-state index is 12.5. The molecule has 5 nitrogen and oxygen atoms in total. The van der Waals surface area contributed by atoms with Crippen LogP contribution in [0.4, 0.5) is 13.2 Å². The van der Waals surface area contributed by atoms with Crippen molar-refractivity contribution in [2.24, 2.45) is 11.3 Å². The maximum Gasteiger partial charge on any atom is 0.534 e. The third-order valence-corrected chi connectivity index (χ3v) is 6.43. The lowest BCUT2D eigenvalue weighted by molar-refractivity contribution is -0.0502. The van der Waals surface area contributed by atoms with Crippen LogP contribution < -0.4 is 4.18 Å². The Balaban J connectivity index is 2.14. The van der Waals surface area contributed by atoms with Crippen molar-refractivity contribution in [1.82, 2.24) is 4.98 Å². The first-order chi connectivity index (χ1) is 10.9. The summed E-state index contributed by atoms with van der Waals surface area (Å²) in [6.45, 7) is 4.02. The summed E-state index contributed by atoms with van der Waals surface area (Å²) >= 11 is 6.14. The van der Waals surface area contributed by atoms with E-state index in [4.69, 9.17) is 16.9 Å². The van der Waals surface area contributed by atoms with Crippen molar-refractivity contribution < 1.29 is 25.8 Å². The van der Waals surface area contributed by atoms with Gasteiger partial charge in [0.05, 0.1) is 10.7 Å². The summed E-state index contributed by atoms with van der Waals surface area (Å²) in [6, 6.07) is 1.59. The summed E-state index contributed by atoms with van der Waals surface area (Å²) in [7, 11) is -5.93. The van der Waals surface area contributed by atoms with Crippen LogP contribution in [0.15, 0.2) is 0 Å². The Kier molecular flexibility index (Phi) is 3.59. The lowest BCUT2D eigenvalue weighted by Gasteiger charge is -2.56. The molecule has 1 aromatic heterocycles. The van der Waals surface area contributed by atoms with E-state index in [2.05, 4.69) is 9.17 Å². The first kappa shape index (κ1) is 17.3. The number of rotatable bonds is 2. The van der Waals surface area contributed by atoms with Crippen molar-refractivity contribution in [3.8, 4) is 11.9 Å². The SMILES string of the molecule is CC1(C)[C@H]2Cc3c(nc(OS(=O)(=O)C(F)(F)F)c(C#N)c3Cl)[C@@H]1C2. The van der Waals surface area contributed by atoms with Gasteiger partial charge in [-0.3, -0.25) is 0 Å². The van der Waals surface area contributed by atoms with Crippen molar-refractivity contribution in [1.29, 1.82) is 5.26 Å². The molecule has 0 amide bonds. The topological polar surface area (TPSA) is 80.0 Å². The molecule has 0 radical (unpaired) electrons. The van der Waals surface area contributed by atoms with E-state index in [1.54, 1.807) is 6.07 Å². The van der Waals surface area contributed by atoms with Gasteiger partial charge in [-0.05, 0) is 29.7 Å². The molecule has 1 heterocycles. The first-order valence-corrected chi connectivity index (χ1v) is 8.82. The molecule has 10 heteroatoms. The first-order valence-electron chi connectivity index (χ1n) is 7.03. The highest BCUT2D eigenvalue weighted by atomic mass is 35.5. The summed E-state index contributed by atoms with van der Waals surface area (Å²) in [5.41, 5.74) is -5.23. The molecule has 4 rings (SSSR count). The predicted octanol–water partition coefficient (Wildman–Crippen LogP) is 3.52. The predicted molar refractivity (Wildman–Crippen MR) is 77.9 cm³/mol. The Bertz CT molecular complexity index is 875. The molecule has 0 spiro atoms. The molecule has 3 aliphatic rings. The van der Waals surface area contributed by atoms with E-state index >= 15 is 0 Å². The van der Waals surface area contributed by atoms with Gasteiger partial charge in [-0.1, -0.05) is 25.4 Å². The van der Waals surface area contributed by atoms with Gasteiger partial charge in [-0.25, -0.2) is 4.98 Å². The van der Waals surface area contributed by atoms with Gasteiger partial charge in [0.25, 0.3) is 5.88 Å². The van der Waals surface area contributed by atoms with Crippen molar-refractivity contribution in [3.63, 3.8) is 0 Å². The minimum Gasteiger partial charge on any atom is -0.354 e. The lowest BCUT2D eigenvalue weighted by atomic mass is 9.48. The minimum absolute atomic E-state index is 0.0626.